The summed E-state index contributed by atoms with van der Waals surface area (Å²) >= 11 is 3.52. The fourth-order valence-corrected chi connectivity index (χ4v) is 2.65. The van der Waals surface area contributed by atoms with Crippen LogP contribution >= 0.6 is 15.9 Å². The summed E-state index contributed by atoms with van der Waals surface area (Å²) in [5.41, 5.74) is 0.805. The first-order chi connectivity index (χ1) is 8.57. The van der Waals surface area contributed by atoms with Gasteiger partial charge in [0.2, 0.25) is 5.91 Å². The number of nitrogens with one attached hydrogen (secondary N) is 1. The first-order valence-electron chi connectivity index (χ1n) is 6.50. The van der Waals surface area contributed by atoms with Crippen molar-refractivity contribution in [1.82, 2.24) is 5.32 Å². The molecule has 0 spiro atoms. The summed E-state index contributed by atoms with van der Waals surface area (Å²) < 4.78 is 0. The van der Waals surface area contributed by atoms with Gasteiger partial charge in [0.1, 0.15) is 0 Å². The lowest BCUT2D eigenvalue weighted by atomic mass is 9.93. The van der Waals surface area contributed by atoms with E-state index in [1.54, 1.807) is 0 Å². The maximum absolute atomic E-state index is 12.2. The van der Waals surface area contributed by atoms with Gasteiger partial charge in [-0.05, 0) is 31.2 Å². The molecular weight excluding hydrogens is 290 g/mol. The number of halogens is 1. The second-order valence-corrected chi connectivity index (χ2v) is 6.01. The van der Waals surface area contributed by atoms with Crippen molar-refractivity contribution in [1.29, 1.82) is 0 Å². The van der Waals surface area contributed by atoms with E-state index >= 15 is 0 Å². The van der Waals surface area contributed by atoms with Gasteiger partial charge < -0.3 is 5.32 Å². The number of rotatable bonds is 5. The summed E-state index contributed by atoms with van der Waals surface area (Å²) in [4.78, 5) is 12.2. The Hall–Kier alpha value is -0.830. The average Bonchev–Trinajstić information content (AvgIpc) is 3.23. The van der Waals surface area contributed by atoms with Crippen molar-refractivity contribution in [3.63, 3.8) is 0 Å². The molecule has 1 N–H and O–H groups in total. The molecule has 1 aliphatic rings. The maximum Gasteiger partial charge on any atom is 0.223 e. The van der Waals surface area contributed by atoms with Crippen LogP contribution in [0.25, 0.3) is 0 Å². The molecule has 1 aliphatic carbocycles. The highest BCUT2D eigenvalue weighted by Crippen LogP contribution is 2.37. The lowest BCUT2D eigenvalue weighted by Gasteiger charge is -2.31. The third kappa shape index (κ3) is 2.94. The highest BCUT2D eigenvalue weighted by Gasteiger charge is 2.36. The third-order valence-electron chi connectivity index (χ3n) is 3.82. The molecule has 3 heteroatoms. The van der Waals surface area contributed by atoms with Gasteiger partial charge in [0.25, 0.3) is 0 Å². The lowest BCUT2D eigenvalue weighted by molar-refractivity contribution is -0.126. The molecule has 1 amide bonds. The van der Waals surface area contributed by atoms with Crippen molar-refractivity contribution in [3.05, 3.63) is 35.9 Å². The van der Waals surface area contributed by atoms with Crippen LogP contribution in [0, 0.1) is 11.8 Å². The molecule has 1 fully saturated rings. The number of alkyl halides is 1. The van der Waals surface area contributed by atoms with E-state index in [4.69, 9.17) is 0 Å². The highest BCUT2D eigenvalue weighted by molar-refractivity contribution is 9.09. The molecule has 18 heavy (non-hydrogen) atoms. The Bertz CT molecular complexity index is 416. The first-order valence-corrected chi connectivity index (χ1v) is 7.62. The van der Waals surface area contributed by atoms with E-state index in [0.717, 1.165) is 5.56 Å². The van der Waals surface area contributed by atoms with Crippen LogP contribution in [0.4, 0.5) is 0 Å². The number of carbonyl (C=O) groups excluding carboxylic acids is 1. The van der Waals surface area contributed by atoms with E-state index in [0.29, 0.717) is 11.2 Å². The molecule has 0 radical (unpaired) electrons. The third-order valence-corrected chi connectivity index (χ3v) is 4.94. The van der Waals surface area contributed by atoms with Gasteiger partial charge in [0.15, 0.2) is 0 Å². The minimum atomic E-state index is -0.332. The second-order valence-electron chi connectivity index (χ2n) is 5.45. The number of hydrogen-bond donors (Lipinski definition) is 1. The molecule has 1 aromatic carbocycles. The Morgan fingerprint density at radius 3 is 2.56 bits per heavy atom. The standard InChI is InChI=1S/C15H20BrNO/c1-11(12-8-9-12)14(18)17-15(2,10-16)13-6-4-3-5-7-13/h3-7,11-12H,8-10H2,1-2H3,(H,17,18). The minimum absolute atomic E-state index is 0.132. The highest BCUT2D eigenvalue weighted by atomic mass is 79.9. The second kappa shape index (κ2) is 5.43. The zero-order valence-electron chi connectivity index (χ0n) is 10.9. The Balaban J connectivity index is 2.10. The smallest absolute Gasteiger partial charge is 0.223 e. The minimum Gasteiger partial charge on any atom is -0.346 e. The topological polar surface area (TPSA) is 29.1 Å². The summed E-state index contributed by atoms with van der Waals surface area (Å²) in [7, 11) is 0. The number of amides is 1. The van der Waals surface area contributed by atoms with E-state index in [-0.39, 0.29) is 17.4 Å². The van der Waals surface area contributed by atoms with Crippen molar-refractivity contribution in [2.45, 2.75) is 32.2 Å². The molecule has 0 bridgehead atoms. The summed E-state index contributed by atoms with van der Waals surface area (Å²) in [6.45, 7) is 4.10. The summed E-state index contributed by atoms with van der Waals surface area (Å²) in [6, 6.07) is 10.1. The van der Waals surface area contributed by atoms with Crippen LogP contribution < -0.4 is 5.32 Å². The molecule has 2 unspecified atom stereocenters. The van der Waals surface area contributed by atoms with Gasteiger partial charge in [-0.2, -0.15) is 0 Å². The summed E-state index contributed by atoms with van der Waals surface area (Å²) in [5.74, 6) is 0.899. The van der Waals surface area contributed by atoms with Gasteiger partial charge >= 0.3 is 0 Å². The normalized spacial score (nSPS) is 19.9. The van der Waals surface area contributed by atoms with Crippen LogP contribution in [-0.4, -0.2) is 11.2 Å². The Labute approximate surface area is 117 Å². The molecule has 0 saturated heterocycles. The first kappa shape index (κ1) is 13.6. The van der Waals surface area contributed by atoms with Crippen LogP contribution in [0.1, 0.15) is 32.3 Å². The van der Waals surface area contributed by atoms with E-state index in [9.17, 15) is 4.79 Å². The van der Waals surface area contributed by atoms with Gasteiger partial charge in [-0.15, -0.1) is 0 Å². The van der Waals surface area contributed by atoms with E-state index in [1.165, 1.54) is 12.8 Å². The van der Waals surface area contributed by atoms with E-state index in [2.05, 4.69) is 40.3 Å². The molecule has 0 aliphatic heterocycles. The SMILES string of the molecule is CC(C(=O)NC(C)(CBr)c1ccccc1)C1CC1. The molecule has 2 rings (SSSR count). The van der Waals surface area contributed by atoms with Crippen LogP contribution in [0.2, 0.25) is 0 Å². The Morgan fingerprint density at radius 1 is 1.44 bits per heavy atom. The van der Waals surface area contributed by atoms with Crippen molar-refractivity contribution < 1.29 is 4.79 Å². The monoisotopic (exact) mass is 309 g/mol. The molecule has 1 saturated carbocycles. The van der Waals surface area contributed by atoms with Crippen LogP contribution in [0.3, 0.4) is 0 Å². The fraction of sp³-hybridized carbons (Fsp3) is 0.533. The van der Waals surface area contributed by atoms with Crippen molar-refractivity contribution in [3.8, 4) is 0 Å². The molecule has 1 aromatic rings. The van der Waals surface area contributed by atoms with Crippen LogP contribution in [0.5, 0.6) is 0 Å². The molecule has 2 atom stereocenters. The molecule has 0 heterocycles. The van der Waals surface area contributed by atoms with Gasteiger partial charge in [0, 0.05) is 11.2 Å². The fourth-order valence-electron chi connectivity index (χ4n) is 2.18. The molecule has 0 aromatic heterocycles. The number of benzene rings is 1. The number of carbonyl (C=O) groups is 1. The van der Waals surface area contributed by atoms with E-state index < -0.39 is 0 Å². The molecule has 2 nitrogen and oxygen atoms in total. The Kier molecular flexibility index (Phi) is 4.10. The zero-order chi connectivity index (χ0) is 13.2. The summed E-state index contributed by atoms with van der Waals surface area (Å²) in [6.07, 6.45) is 2.40. The van der Waals surface area contributed by atoms with Crippen LogP contribution in [-0.2, 0) is 10.3 Å². The molecule has 98 valence electrons. The van der Waals surface area contributed by atoms with Crippen molar-refractivity contribution in [2.24, 2.45) is 11.8 Å². The average molecular weight is 310 g/mol. The van der Waals surface area contributed by atoms with Crippen LogP contribution in [0.15, 0.2) is 30.3 Å². The van der Waals surface area contributed by atoms with Gasteiger partial charge in [-0.1, -0.05) is 53.2 Å². The predicted octanol–water partition coefficient (Wildman–Crippen LogP) is 3.46. The van der Waals surface area contributed by atoms with Crippen molar-refractivity contribution >= 4 is 21.8 Å². The van der Waals surface area contributed by atoms with Gasteiger partial charge in [-0.3, -0.25) is 4.79 Å². The van der Waals surface area contributed by atoms with E-state index in [1.807, 2.05) is 25.1 Å². The largest absolute Gasteiger partial charge is 0.346 e. The zero-order valence-corrected chi connectivity index (χ0v) is 12.5. The summed E-state index contributed by atoms with van der Waals surface area (Å²) in [5, 5.41) is 3.91. The van der Waals surface area contributed by atoms with Gasteiger partial charge in [-0.25, -0.2) is 0 Å². The lowest BCUT2D eigenvalue weighted by Crippen LogP contribution is -2.47. The quantitative estimate of drug-likeness (QED) is 0.829. The Morgan fingerprint density at radius 2 is 2.06 bits per heavy atom. The van der Waals surface area contributed by atoms with Gasteiger partial charge in [0.05, 0.1) is 5.54 Å². The predicted molar refractivity (Wildman–Crippen MR) is 77.6 cm³/mol. The molecular formula is C15H20BrNO. The maximum atomic E-state index is 12.2. The van der Waals surface area contributed by atoms with Crippen molar-refractivity contribution in [2.75, 3.05) is 5.33 Å². The number of hydrogen-bond acceptors (Lipinski definition) is 1.